The number of hydrogen-bond acceptors (Lipinski definition) is 2. The molecule has 0 aliphatic carbocycles. The molecule has 0 saturated carbocycles. The quantitative estimate of drug-likeness (QED) is 0.698. The molecule has 0 amide bonds. The lowest BCUT2D eigenvalue weighted by Gasteiger charge is -2.07. The lowest BCUT2D eigenvalue weighted by atomic mass is 10.0. The largest absolute Gasteiger partial charge is 0.399 e. The first-order chi connectivity index (χ1) is 7.18. The van der Waals surface area contributed by atoms with Crippen molar-refractivity contribution in [3.8, 4) is 11.1 Å². The zero-order valence-corrected chi connectivity index (χ0v) is 8.07. The topological polar surface area (TPSA) is 52.0 Å². The molecule has 4 N–H and O–H groups in total. The molecule has 0 aromatic heterocycles. The third-order valence-electron chi connectivity index (χ3n) is 2.24. The van der Waals surface area contributed by atoms with Crippen molar-refractivity contribution in [1.29, 1.82) is 0 Å². The van der Waals surface area contributed by atoms with Gasteiger partial charge < -0.3 is 11.5 Å². The number of halogens is 1. The first-order valence-electron chi connectivity index (χ1n) is 4.58. The smallest absolute Gasteiger partial charge is 0.148 e. The molecular weight excluding hydrogens is 191 g/mol. The van der Waals surface area contributed by atoms with Gasteiger partial charge in [-0.05, 0) is 17.7 Å². The second-order valence-electron chi connectivity index (χ2n) is 3.33. The van der Waals surface area contributed by atoms with Crippen molar-refractivity contribution in [3.05, 3.63) is 48.3 Å². The van der Waals surface area contributed by atoms with Gasteiger partial charge in [0, 0.05) is 11.3 Å². The Morgan fingerprint density at radius 1 is 0.933 bits per heavy atom. The van der Waals surface area contributed by atoms with Crippen molar-refractivity contribution in [1.82, 2.24) is 0 Å². The van der Waals surface area contributed by atoms with Crippen LogP contribution in [0.15, 0.2) is 42.5 Å². The van der Waals surface area contributed by atoms with E-state index in [4.69, 9.17) is 11.5 Å². The van der Waals surface area contributed by atoms with Crippen LogP contribution in [-0.4, -0.2) is 0 Å². The lowest BCUT2D eigenvalue weighted by Crippen LogP contribution is -1.97. The van der Waals surface area contributed by atoms with Crippen molar-refractivity contribution >= 4 is 11.4 Å². The van der Waals surface area contributed by atoms with Gasteiger partial charge in [0.05, 0.1) is 5.69 Å². The summed E-state index contributed by atoms with van der Waals surface area (Å²) in [6.07, 6.45) is 0. The Labute approximate surface area is 87.3 Å². The van der Waals surface area contributed by atoms with Gasteiger partial charge in [0.25, 0.3) is 0 Å². The molecule has 15 heavy (non-hydrogen) atoms. The van der Waals surface area contributed by atoms with Crippen LogP contribution in [0.1, 0.15) is 0 Å². The average Bonchev–Trinajstić information content (AvgIpc) is 2.24. The molecule has 0 saturated heterocycles. The molecule has 0 bridgehead atoms. The van der Waals surface area contributed by atoms with E-state index in [0.29, 0.717) is 11.3 Å². The summed E-state index contributed by atoms with van der Waals surface area (Å²) in [6.45, 7) is 0. The maximum atomic E-state index is 13.3. The summed E-state index contributed by atoms with van der Waals surface area (Å²) in [5, 5.41) is 0. The highest BCUT2D eigenvalue weighted by molar-refractivity contribution is 5.79. The first-order valence-corrected chi connectivity index (χ1v) is 4.58. The van der Waals surface area contributed by atoms with Crippen molar-refractivity contribution in [2.75, 3.05) is 11.5 Å². The van der Waals surface area contributed by atoms with Crippen LogP contribution < -0.4 is 11.5 Å². The van der Waals surface area contributed by atoms with E-state index >= 15 is 0 Å². The number of nitrogens with two attached hydrogens (primary N) is 2. The van der Waals surface area contributed by atoms with Gasteiger partial charge in [0.2, 0.25) is 0 Å². The number of anilines is 2. The minimum absolute atomic E-state index is 0.135. The molecule has 2 rings (SSSR count). The predicted octanol–water partition coefficient (Wildman–Crippen LogP) is 2.66. The van der Waals surface area contributed by atoms with Gasteiger partial charge in [0.15, 0.2) is 0 Å². The molecule has 0 unspecified atom stereocenters. The predicted molar refractivity (Wildman–Crippen MR) is 60.7 cm³/mol. The Hall–Kier alpha value is -2.03. The van der Waals surface area contributed by atoms with E-state index in [2.05, 4.69) is 0 Å². The van der Waals surface area contributed by atoms with Gasteiger partial charge in [-0.1, -0.05) is 30.3 Å². The highest BCUT2D eigenvalue weighted by Crippen LogP contribution is 2.29. The standard InChI is InChI=1S/C12H11FN2/c13-11-7-9(14)6-10(12(11)15)8-4-2-1-3-5-8/h1-7H,14-15H2. The van der Waals surface area contributed by atoms with Crippen LogP contribution >= 0.6 is 0 Å². The fourth-order valence-electron chi connectivity index (χ4n) is 1.50. The molecule has 2 nitrogen and oxygen atoms in total. The van der Waals surface area contributed by atoms with Gasteiger partial charge in [-0.25, -0.2) is 4.39 Å². The highest BCUT2D eigenvalue weighted by atomic mass is 19.1. The van der Waals surface area contributed by atoms with Crippen LogP contribution in [0, 0.1) is 5.82 Å². The molecule has 0 aliphatic heterocycles. The maximum absolute atomic E-state index is 13.3. The highest BCUT2D eigenvalue weighted by Gasteiger charge is 2.07. The molecule has 0 aliphatic rings. The molecule has 0 atom stereocenters. The Kier molecular flexibility index (Phi) is 2.29. The van der Waals surface area contributed by atoms with E-state index in [1.54, 1.807) is 6.07 Å². The van der Waals surface area contributed by atoms with Gasteiger partial charge in [-0.15, -0.1) is 0 Å². The molecular formula is C12H11FN2. The van der Waals surface area contributed by atoms with Gasteiger partial charge >= 0.3 is 0 Å². The second kappa shape index (κ2) is 3.61. The van der Waals surface area contributed by atoms with E-state index in [0.717, 1.165) is 5.56 Å². The van der Waals surface area contributed by atoms with Crippen molar-refractivity contribution in [3.63, 3.8) is 0 Å². The van der Waals surface area contributed by atoms with Gasteiger partial charge in [0.1, 0.15) is 5.82 Å². The van der Waals surface area contributed by atoms with E-state index in [1.807, 2.05) is 30.3 Å². The van der Waals surface area contributed by atoms with Crippen molar-refractivity contribution in [2.24, 2.45) is 0 Å². The van der Waals surface area contributed by atoms with Crippen molar-refractivity contribution < 1.29 is 4.39 Å². The summed E-state index contributed by atoms with van der Waals surface area (Å²) in [5.41, 5.74) is 13.2. The Morgan fingerprint density at radius 2 is 1.60 bits per heavy atom. The van der Waals surface area contributed by atoms with Crippen LogP contribution in [-0.2, 0) is 0 Å². The lowest BCUT2D eigenvalue weighted by molar-refractivity contribution is 0.633. The number of rotatable bonds is 1. The minimum Gasteiger partial charge on any atom is -0.399 e. The van der Waals surface area contributed by atoms with Gasteiger partial charge in [-0.3, -0.25) is 0 Å². The SMILES string of the molecule is Nc1cc(F)c(N)c(-c2ccccc2)c1. The minimum atomic E-state index is -0.478. The first kappa shape index (κ1) is 9.52. The van der Waals surface area contributed by atoms with E-state index in [-0.39, 0.29) is 5.69 Å². The average molecular weight is 202 g/mol. The monoisotopic (exact) mass is 202 g/mol. The molecule has 0 spiro atoms. The fraction of sp³-hybridized carbons (Fsp3) is 0. The molecule has 76 valence electrons. The van der Waals surface area contributed by atoms with Gasteiger partial charge in [-0.2, -0.15) is 0 Å². The zero-order valence-electron chi connectivity index (χ0n) is 8.07. The number of nitrogen functional groups attached to an aromatic ring is 2. The van der Waals surface area contributed by atoms with Crippen LogP contribution in [0.4, 0.5) is 15.8 Å². The van der Waals surface area contributed by atoms with Crippen LogP contribution in [0.3, 0.4) is 0 Å². The third-order valence-corrected chi connectivity index (χ3v) is 2.24. The van der Waals surface area contributed by atoms with Crippen LogP contribution in [0.2, 0.25) is 0 Å². The summed E-state index contributed by atoms with van der Waals surface area (Å²) in [6, 6.07) is 12.3. The van der Waals surface area contributed by atoms with Crippen LogP contribution in [0.25, 0.3) is 11.1 Å². The Balaban J connectivity index is 2.63. The van der Waals surface area contributed by atoms with Crippen LogP contribution in [0.5, 0.6) is 0 Å². The normalized spacial score (nSPS) is 10.2. The number of benzene rings is 2. The summed E-state index contributed by atoms with van der Waals surface area (Å²) in [5.74, 6) is -0.478. The molecule has 0 heterocycles. The molecule has 0 fully saturated rings. The molecule has 0 radical (unpaired) electrons. The van der Waals surface area contributed by atoms with Crippen molar-refractivity contribution in [2.45, 2.75) is 0 Å². The second-order valence-corrected chi connectivity index (χ2v) is 3.33. The Morgan fingerprint density at radius 3 is 2.27 bits per heavy atom. The summed E-state index contributed by atoms with van der Waals surface area (Å²) in [7, 11) is 0. The third kappa shape index (κ3) is 1.76. The summed E-state index contributed by atoms with van der Waals surface area (Å²) in [4.78, 5) is 0. The molecule has 2 aromatic rings. The summed E-state index contributed by atoms with van der Waals surface area (Å²) < 4.78 is 13.3. The zero-order chi connectivity index (χ0) is 10.8. The number of hydrogen-bond donors (Lipinski definition) is 2. The molecule has 3 heteroatoms. The maximum Gasteiger partial charge on any atom is 0.148 e. The fourth-order valence-corrected chi connectivity index (χ4v) is 1.50. The Bertz CT molecular complexity index is 480. The molecule has 2 aromatic carbocycles. The van der Waals surface area contributed by atoms with E-state index in [9.17, 15) is 4.39 Å². The van der Waals surface area contributed by atoms with E-state index in [1.165, 1.54) is 6.07 Å². The summed E-state index contributed by atoms with van der Waals surface area (Å²) >= 11 is 0. The van der Waals surface area contributed by atoms with E-state index < -0.39 is 5.82 Å².